The maximum absolute atomic E-state index is 5.87. The van der Waals surface area contributed by atoms with E-state index < -0.39 is 5.66 Å². The van der Waals surface area contributed by atoms with Crippen LogP contribution >= 0.6 is 0 Å². The van der Waals surface area contributed by atoms with Gasteiger partial charge in [-0.2, -0.15) is 0 Å². The largest absolute Gasteiger partial charge is 0.330 e. The highest BCUT2D eigenvalue weighted by molar-refractivity contribution is 4.85. The molecule has 0 atom stereocenters. The summed E-state index contributed by atoms with van der Waals surface area (Å²) < 4.78 is 0. The molecule has 0 amide bonds. The van der Waals surface area contributed by atoms with Crippen LogP contribution < -0.4 is 27.8 Å². The number of nitrogens with one attached hydrogen (secondary N) is 2. The van der Waals surface area contributed by atoms with Crippen LogP contribution in [0.4, 0.5) is 0 Å². The first-order valence-corrected chi connectivity index (χ1v) is 6.42. The van der Waals surface area contributed by atoms with E-state index in [1.54, 1.807) is 6.08 Å². The minimum absolute atomic E-state index is 0.617. The molecule has 0 bridgehead atoms. The van der Waals surface area contributed by atoms with Gasteiger partial charge in [0.1, 0.15) is 0 Å². The van der Waals surface area contributed by atoms with Crippen LogP contribution in [-0.4, -0.2) is 38.4 Å². The van der Waals surface area contributed by atoms with Crippen LogP contribution in [0.1, 0.15) is 25.7 Å². The van der Waals surface area contributed by atoms with Crippen molar-refractivity contribution in [1.29, 1.82) is 0 Å². The number of nitrogens with two attached hydrogens (primary N) is 3. The first-order chi connectivity index (χ1) is 8.12. The van der Waals surface area contributed by atoms with E-state index in [9.17, 15) is 0 Å². The molecule has 5 heteroatoms. The summed E-state index contributed by atoms with van der Waals surface area (Å²) in [5.74, 6) is 0. The Labute approximate surface area is 105 Å². The van der Waals surface area contributed by atoms with Gasteiger partial charge in [0, 0.05) is 0 Å². The van der Waals surface area contributed by atoms with Crippen molar-refractivity contribution < 1.29 is 0 Å². The van der Waals surface area contributed by atoms with E-state index in [1.807, 2.05) is 0 Å². The Bertz CT molecular complexity index is 182. The summed E-state index contributed by atoms with van der Waals surface area (Å²) in [6.07, 6.45) is 5.32. The van der Waals surface area contributed by atoms with Gasteiger partial charge in [0.2, 0.25) is 0 Å². The van der Waals surface area contributed by atoms with E-state index in [0.717, 1.165) is 52.0 Å². The van der Waals surface area contributed by atoms with Gasteiger partial charge in [0.15, 0.2) is 0 Å². The zero-order valence-electron chi connectivity index (χ0n) is 10.9. The molecule has 5 nitrogen and oxygen atoms in total. The lowest BCUT2D eigenvalue weighted by Gasteiger charge is -2.22. The lowest BCUT2D eigenvalue weighted by Crippen LogP contribution is -2.50. The van der Waals surface area contributed by atoms with Crippen LogP contribution in [0.25, 0.3) is 0 Å². The van der Waals surface area contributed by atoms with Gasteiger partial charge < -0.3 is 27.8 Å². The summed E-state index contributed by atoms with van der Waals surface area (Å²) in [6.45, 7) is 8.26. The van der Waals surface area contributed by atoms with E-state index in [1.165, 1.54) is 0 Å². The highest BCUT2D eigenvalue weighted by atomic mass is 15.0. The second-order valence-corrected chi connectivity index (χ2v) is 4.47. The zero-order chi connectivity index (χ0) is 13.0. The minimum atomic E-state index is -0.617. The third kappa shape index (κ3) is 11.8. The van der Waals surface area contributed by atoms with Crippen LogP contribution in [0, 0.1) is 0 Å². The lowest BCUT2D eigenvalue weighted by atomic mass is 10.0. The molecule has 0 aliphatic rings. The summed E-state index contributed by atoms with van der Waals surface area (Å²) in [5.41, 5.74) is 16.5. The zero-order valence-corrected chi connectivity index (χ0v) is 10.9. The van der Waals surface area contributed by atoms with Crippen molar-refractivity contribution in [2.45, 2.75) is 31.3 Å². The molecule has 8 N–H and O–H groups in total. The third-order valence-electron chi connectivity index (χ3n) is 2.56. The van der Waals surface area contributed by atoms with Crippen molar-refractivity contribution >= 4 is 0 Å². The molecule has 0 aromatic rings. The van der Waals surface area contributed by atoms with Crippen molar-refractivity contribution in [1.82, 2.24) is 10.6 Å². The maximum Gasteiger partial charge on any atom is 0.0684 e. The van der Waals surface area contributed by atoms with E-state index >= 15 is 0 Å². The van der Waals surface area contributed by atoms with Gasteiger partial charge in [-0.05, 0) is 58.4 Å². The number of hydrogen-bond donors (Lipinski definition) is 5. The Balaban J connectivity index is 3.20. The van der Waals surface area contributed by atoms with Crippen molar-refractivity contribution in [3.05, 3.63) is 12.7 Å². The normalized spacial score (nSPS) is 11.7. The predicted octanol–water partition coefficient (Wildman–Crippen LogP) is -0.516. The minimum Gasteiger partial charge on any atom is -0.330 e. The van der Waals surface area contributed by atoms with Crippen LogP contribution in [-0.2, 0) is 0 Å². The Morgan fingerprint density at radius 3 is 2.18 bits per heavy atom. The molecule has 0 aromatic heterocycles. The molecule has 0 spiro atoms. The quantitative estimate of drug-likeness (QED) is 0.180. The number of rotatable bonds is 12. The van der Waals surface area contributed by atoms with E-state index in [4.69, 9.17) is 17.2 Å². The highest BCUT2D eigenvalue weighted by Gasteiger charge is 2.15. The summed E-state index contributed by atoms with van der Waals surface area (Å²) in [6, 6.07) is 0. The van der Waals surface area contributed by atoms with Gasteiger partial charge in [-0.3, -0.25) is 0 Å². The van der Waals surface area contributed by atoms with Gasteiger partial charge in [-0.25, -0.2) is 0 Å². The predicted molar refractivity (Wildman–Crippen MR) is 74.6 cm³/mol. The maximum atomic E-state index is 5.87. The van der Waals surface area contributed by atoms with Crippen molar-refractivity contribution in [3.63, 3.8) is 0 Å². The standard InChI is InChI=1S/C12H29N5/c1-2-5-12(14,15)6-11-17-10-4-9-16-8-3-7-13/h2,16-17H,1,3-11,13-15H2. The fourth-order valence-corrected chi connectivity index (χ4v) is 1.51. The molecule has 0 radical (unpaired) electrons. The summed E-state index contributed by atoms with van der Waals surface area (Å²) >= 11 is 0. The van der Waals surface area contributed by atoms with Crippen LogP contribution in [0.2, 0.25) is 0 Å². The topological polar surface area (TPSA) is 102 Å². The molecule has 0 heterocycles. The molecule has 0 aromatic carbocycles. The highest BCUT2D eigenvalue weighted by Crippen LogP contribution is 2.03. The average Bonchev–Trinajstić information content (AvgIpc) is 2.27. The number of hydrogen-bond acceptors (Lipinski definition) is 5. The van der Waals surface area contributed by atoms with E-state index in [2.05, 4.69) is 17.2 Å². The van der Waals surface area contributed by atoms with Crippen LogP contribution in [0.5, 0.6) is 0 Å². The summed E-state index contributed by atoms with van der Waals surface area (Å²) in [7, 11) is 0. The van der Waals surface area contributed by atoms with E-state index in [-0.39, 0.29) is 0 Å². The Hall–Kier alpha value is -0.460. The SMILES string of the molecule is C=CCC(N)(N)CCNCCCNCCCN. The Morgan fingerprint density at radius 2 is 1.59 bits per heavy atom. The van der Waals surface area contributed by atoms with Crippen LogP contribution in [0.15, 0.2) is 12.7 Å². The van der Waals surface area contributed by atoms with Crippen LogP contribution in [0.3, 0.4) is 0 Å². The first-order valence-electron chi connectivity index (χ1n) is 6.42. The molecule has 0 fully saturated rings. The summed E-state index contributed by atoms with van der Waals surface area (Å²) in [4.78, 5) is 0. The smallest absolute Gasteiger partial charge is 0.0684 e. The fraction of sp³-hybridized carbons (Fsp3) is 0.833. The third-order valence-corrected chi connectivity index (χ3v) is 2.56. The molecule has 102 valence electrons. The molecular weight excluding hydrogens is 214 g/mol. The molecule has 0 rings (SSSR count). The Kier molecular flexibility index (Phi) is 10.4. The first kappa shape index (κ1) is 16.5. The molecule has 0 aliphatic carbocycles. The van der Waals surface area contributed by atoms with E-state index in [0.29, 0.717) is 6.42 Å². The molecule has 17 heavy (non-hydrogen) atoms. The van der Waals surface area contributed by atoms with Gasteiger partial charge in [-0.15, -0.1) is 6.58 Å². The second kappa shape index (κ2) is 10.7. The van der Waals surface area contributed by atoms with Gasteiger partial charge >= 0.3 is 0 Å². The Morgan fingerprint density at radius 1 is 1.00 bits per heavy atom. The average molecular weight is 243 g/mol. The second-order valence-electron chi connectivity index (χ2n) is 4.47. The molecule has 0 aliphatic heterocycles. The van der Waals surface area contributed by atoms with Gasteiger partial charge in [0.05, 0.1) is 5.66 Å². The van der Waals surface area contributed by atoms with Gasteiger partial charge in [0.25, 0.3) is 0 Å². The van der Waals surface area contributed by atoms with Crippen molar-refractivity contribution in [3.8, 4) is 0 Å². The van der Waals surface area contributed by atoms with Gasteiger partial charge in [-0.1, -0.05) is 6.08 Å². The summed E-state index contributed by atoms with van der Waals surface area (Å²) in [5, 5.41) is 6.66. The monoisotopic (exact) mass is 243 g/mol. The fourth-order valence-electron chi connectivity index (χ4n) is 1.51. The van der Waals surface area contributed by atoms with Crippen molar-refractivity contribution in [2.75, 3.05) is 32.7 Å². The van der Waals surface area contributed by atoms with Crippen molar-refractivity contribution in [2.24, 2.45) is 17.2 Å². The molecule has 0 saturated heterocycles. The molecule has 0 unspecified atom stereocenters. The lowest BCUT2D eigenvalue weighted by molar-refractivity contribution is 0.399. The molecular formula is C12H29N5. The molecule has 0 saturated carbocycles.